The number of rotatable bonds is 7. The second kappa shape index (κ2) is 7.09. The number of anilines is 1. The van der Waals surface area contributed by atoms with Crippen molar-refractivity contribution in [2.75, 3.05) is 18.8 Å². The molecule has 0 radical (unpaired) electrons. The molecule has 0 spiro atoms. The molecule has 4 nitrogen and oxygen atoms in total. The van der Waals surface area contributed by atoms with E-state index < -0.39 is 10.0 Å². The summed E-state index contributed by atoms with van der Waals surface area (Å²) >= 11 is 0. The van der Waals surface area contributed by atoms with Crippen molar-refractivity contribution in [3.05, 3.63) is 23.8 Å². The van der Waals surface area contributed by atoms with Gasteiger partial charge in [-0.1, -0.05) is 45.7 Å². The van der Waals surface area contributed by atoms with Crippen LogP contribution < -0.4 is 5.73 Å². The van der Waals surface area contributed by atoms with Crippen LogP contribution in [0.1, 0.15) is 39.2 Å². The normalized spacial score (nSPS) is 12.3. The third-order valence-corrected chi connectivity index (χ3v) is 5.97. The maximum Gasteiger partial charge on any atom is 0.245 e. The van der Waals surface area contributed by atoms with Crippen molar-refractivity contribution in [2.45, 2.75) is 45.4 Å². The maximum atomic E-state index is 12.8. The Bertz CT molecular complexity index is 517. The Hall–Kier alpha value is -1.07. The molecule has 1 aromatic carbocycles. The molecule has 0 unspecified atom stereocenters. The van der Waals surface area contributed by atoms with Crippen LogP contribution in [0.3, 0.4) is 0 Å². The van der Waals surface area contributed by atoms with Gasteiger partial charge >= 0.3 is 0 Å². The Balaban J connectivity index is 3.19. The van der Waals surface area contributed by atoms with Crippen LogP contribution in [0.25, 0.3) is 0 Å². The number of hydrogen-bond acceptors (Lipinski definition) is 3. The van der Waals surface area contributed by atoms with Crippen molar-refractivity contribution in [3.8, 4) is 0 Å². The maximum absolute atomic E-state index is 12.8. The van der Waals surface area contributed by atoms with Gasteiger partial charge in [0.15, 0.2) is 0 Å². The molecule has 0 bridgehead atoms. The van der Waals surface area contributed by atoms with E-state index in [0.717, 1.165) is 12.8 Å². The van der Waals surface area contributed by atoms with Crippen LogP contribution in [0.4, 0.5) is 5.69 Å². The molecule has 0 saturated carbocycles. The van der Waals surface area contributed by atoms with E-state index in [4.69, 9.17) is 5.73 Å². The van der Waals surface area contributed by atoms with Gasteiger partial charge in [0, 0.05) is 13.1 Å². The summed E-state index contributed by atoms with van der Waals surface area (Å²) in [5, 5.41) is 0. The van der Waals surface area contributed by atoms with E-state index in [1.54, 1.807) is 29.4 Å². The minimum Gasteiger partial charge on any atom is -0.398 e. The fourth-order valence-electron chi connectivity index (χ4n) is 2.39. The highest BCUT2D eigenvalue weighted by Gasteiger charge is 2.28. The summed E-state index contributed by atoms with van der Waals surface area (Å²) in [6, 6.07) is 5.21. The molecule has 0 aliphatic rings. The predicted octanol–water partition coefficient (Wildman–Crippen LogP) is 3.02. The Morgan fingerprint density at radius 3 is 2.25 bits per heavy atom. The predicted molar refractivity (Wildman–Crippen MR) is 84.1 cm³/mol. The molecule has 1 aromatic rings. The van der Waals surface area contributed by atoms with Crippen LogP contribution in [0, 0.1) is 12.8 Å². The van der Waals surface area contributed by atoms with Crippen molar-refractivity contribution in [1.82, 2.24) is 4.31 Å². The summed E-state index contributed by atoms with van der Waals surface area (Å²) in [7, 11) is -3.52. The molecule has 0 heterocycles. The molecule has 1 rings (SSSR count). The quantitative estimate of drug-likeness (QED) is 0.787. The Kier molecular flexibility index (Phi) is 6.02. The van der Waals surface area contributed by atoms with E-state index in [-0.39, 0.29) is 4.90 Å². The number of nitrogen functional groups attached to an aromatic ring is 1. The van der Waals surface area contributed by atoms with Gasteiger partial charge in [0.25, 0.3) is 0 Å². The lowest BCUT2D eigenvalue weighted by Gasteiger charge is -2.26. The van der Waals surface area contributed by atoms with Crippen LogP contribution in [-0.4, -0.2) is 25.8 Å². The Morgan fingerprint density at radius 2 is 1.80 bits per heavy atom. The first-order valence-corrected chi connectivity index (χ1v) is 8.67. The summed E-state index contributed by atoms with van der Waals surface area (Å²) < 4.78 is 27.2. The molecule has 114 valence electrons. The molecule has 20 heavy (non-hydrogen) atoms. The van der Waals surface area contributed by atoms with Gasteiger partial charge < -0.3 is 5.73 Å². The molecule has 5 heteroatoms. The number of sulfonamides is 1. The Labute approximate surface area is 123 Å². The first-order valence-electron chi connectivity index (χ1n) is 7.23. The van der Waals surface area contributed by atoms with Gasteiger partial charge in [0.05, 0.1) is 5.69 Å². The highest BCUT2D eigenvalue weighted by molar-refractivity contribution is 7.89. The molecule has 0 fully saturated rings. The molecule has 0 aliphatic carbocycles. The third kappa shape index (κ3) is 3.52. The summed E-state index contributed by atoms with van der Waals surface area (Å²) in [5.41, 5.74) is 6.92. The second-order valence-corrected chi connectivity index (χ2v) is 7.01. The number of aryl methyl sites for hydroxylation is 1. The van der Waals surface area contributed by atoms with Gasteiger partial charge in [-0.3, -0.25) is 0 Å². The molecule has 2 N–H and O–H groups in total. The molecular formula is C15H26N2O2S. The average Bonchev–Trinajstić information content (AvgIpc) is 2.39. The zero-order valence-electron chi connectivity index (χ0n) is 12.9. The monoisotopic (exact) mass is 298 g/mol. The first-order chi connectivity index (χ1) is 9.38. The molecule has 0 atom stereocenters. The van der Waals surface area contributed by atoms with Crippen LogP contribution in [-0.2, 0) is 10.0 Å². The topological polar surface area (TPSA) is 63.4 Å². The SMILES string of the molecule is CCC(CC)CN(CC)S(=O)(=O)c1c(C)cccc1N. The lowest BCUT2D eigenvalue weighted by atomic mass is 10.0. The van der Waals surface area contributed by atoms with Crippen LogP contribution in [0.5, 0.6) is 0 Å². The van der Waals surface area contributed by atoms with Gasteiger partial charge in [-0.25, -0.2) is 8.42 Å². The van der Waals surface area contributed by atoms with Gasteiger partial charge in [0.1, 0.15) is 4.90 Å². The van der Waals surface area contributed by atoms with E-state index in [0.29, 0.717) is 30.3 Å². The van der Waals surface area contributed by atoms with E-state index in [1.165, 1.54) is 0 Å². The fraction of sp³-hybridized carbons (Fsp3) is 0.600. The van der Waals surface area contributed by atoms with Crippen LogP contribution >= 0.6 is 0 Å². The molecular weight excluding hydrogens is 272 g/mol. The zero-order chi connectivity index (χ0) is 15.3. The van der Waals surface area contributed by atoms with Gasteiger partial charge in [0.2, 0.25) is 10.0 Å². The number of nitrogens with zero attached hydrogens (tertiary/aromatic N) is 1. The standard InChI is InChI=1S/C15H26N2O2S/c1-5-13(6-2)11-17(7-3)20(18,19)15-12(4)9-8-10-14(15)16/h8-10,13H,5-7,11,16H2,1-4H3. The van der Waals surface area contributed by atoms with E-state index in [1.807, 2.05) is 6.92 Å². The summed E-state index contributed by atoms with van der Waals surface area (Å²) in [6.07, 6.45) is 1.96. The molecule has 0 saturated heterocycles. The highest BCUT2D eigenvalue weighted by Crippen LogP contribution is 2.27. The minimum absolute atomic E-state index is 0.257. The fourth-order valence-corrected chi connectivity index (χ4v) is 4.23. The summed E-state index contributed by atoms with van der Waals surface area (Å²) in [5.74, 6) is 0.384. The lowest BCUT2D eigenvalue weighted by Crippen LogP contribution is -2.35. The highest BCUT2D eigenvalue weighted by atomic mass is 32.2. The average molecular weight is 298 g/mol. The number of nitrogens with two attached hydrogens (primary N) is 1. The Morgan fingerprint density at radius 1 is 1.20 bits per heavy atom. The van der Waals surface area contributed by atoms with Gasteiger partial charge in [-0.15, -0.1) is 0 Å². The number of benzene rings is 1. The smallest absolute Gasteiger partial charge is 0.245 e. The van der Waals surface area contributed by atoms with E-state index in [2.05, 4.69) is 13.8 Å². The summed E-state index contributed by atoms with van der Waals surface area (Å²) in [6.45, 7) is 8.86. The van der Waals surface area contributed by atoms with Crippen LogP contribution in [0.15, 0.2) is 23.1 Å². The first kappa shape index (κ1) is 17.0. The van der Waals surface area contributed by atoms with Gasteiger partial charge in [-0.2, -0.15) is 4.31 Å². The summed E-state index contributed by atoms with van der Waals surface area (Å²) in [4.78, 5) is 0.257. The number of hydrogen-bond donors (Lipinski definition) is 1. The van der Waals surface area contributed by atoms with E-state index >= 15 is 0 Å². The molecule has 0 aliphatic heterocycles. The van der Waals surface area contributed by atoms with Crippen molar-refractivity contribution in [1.29, 1.82) is 0 Å². The van der Waals surface area contributed by atoms with Crippen molar-refractivity contribution in [2.24, 2.45) is 5.92 Å². The van der Waals surface area contributed by atoms with Crippen LogP contribution in [0.2, 0.25) is 0 Å². The molecule has 0 aromatic heterocycles. The zero-order valence-corrected chi connectivity index (χ0v) is 13.7. The largest absolute Gasteiger partial charge is 0.398 e. The third-order valence-electron chi connectivity index (χ3n) is 3.81. The molecule has 0 amide bonds. The van der Waals surface area contributed by atoms with E-state index in [9.17, 15) is 8.42 Å². The second-order valence-electron chi connectivity index (χ2n) is 5.13. The van der Waals surface area contributed by atoms with Crippen molar-refractivity contribution >= 4 is 15.7 Å². The van der Waals surface area contributed by atoms with Crippen molar-refractivity contribution in [3.63, 3.8) is 0 Å². The van der Waals surface area contributed by atoms with Gasteiger partial charge in [-0.05, 0) is 24.5 Å². The minimum atomic E-state index is -3.52. The lowest BCUT2D eigenvalue weighted by molar-refractivity contribution is 0.339. The van der Waals surface area contributed by atoms with Crippen molar-refractivity contribution < 1.29 is 8.42 Å².